The van der Waals surface area contributed by atoms with Crippen LogP contribution in [0, 0.1) is 5.92 Å². The maximum Gasteiger partial charge on any atom is 0.337 e. The maximum atomic E-state index is 12.8. The lowest BCUT2D eigenvalue weighted by Crippen LogP contribution is -2.60. The molecule has 2 heterocycles. The molecule has 1 unspecified atom stereocenters. The number of carbonyl (C=O) groups is 2. The van der Waals surface area contributed by atoms with Crippen molar-refractivity contribution >= 4 is 11.9 Å². The Balaban J connectivity index is 2.13. The summed E-state index contributed by atoms with van der Waals surface area (Å²) < 4.78 is 26.9. The molecule has 0 saturated carbocycles. The summed E-state index contributed by atoms with van der Waals surface area (Å²) in [4.78, 5) is 25.2. The minimum Gasteiger partial charge on any atom is -0.468 e. The number of ether oxygens (including phenoxy) is 5. The van der Waals surface area contributed by atoms with E-state index in [1.807, 2.05) is 6.08 Å². The van der Waals surface area contributed by atoms with Crippen molar-refractivity contribution < 1.29 is 58.8 Å². The third-order valence-electron chi connectivity index (χ3n) is 6.64. The highest BCUT2D eigenvalue weighted by molar-refractivity contribution is 5.90. The molecule has 1 saturated heterocycles. The summed E-state index contributed by atoms with van der Waals surface area (Å²) in [5, 5.41) is 49.8. The van der Waals surface area contributed by atoms with Gasteiger partial charge in [0.2, 0.25) is 6.29 Å². The topological polar surface area (TPSA) is 181 Å². The number of hydrogen-bond acceptors (Lipinski definition) is 12. The van der Waals surface area contributed by atoms with E-state index in [1.54, 1.807) is 26.8 Å². The first-order chi connectivity index (χ1) is 18.4. The van der Waals surface area contributed by atoms with Crippen molar-refractivity contribution in [3.05, 3.63) is 47.8 Å². The Labute approximate surface area is 227 Å². The first-order valence-electron chi connectivity index (χ1n) is 12.6. The Morgan fingerprint density at radius 1 is 1.21 bits per heavy atom. The molecule has 39 heavy (non-hydrogen) atoms. The largest absolute Gasteiger partial charge is 0.468 e. The number of carbonyl (C=O) groups excluding carboxylic acids is 2. The molecule has 0 spiro atoms. The van der Waals surface area contributed by atoms with E-state index < -0.39 is 67.1 Å². The van der Waals surface area contributed by atoms with Crippen LogP contribution in [-0.4, -0.2) is 100 Å². The molecular weight excluding hydrogens is 516 g/mol. The van der Waals surface area contributed by atoms with Crippen LogP contribution in [0.5, 0.6) is 0 Å². The molecule has 1 fully saturated rings. The van der Waals surface area contributed by atoms with E-state index in [0.717, 1.165) is 11.8 Å². The predicted octanol–water partition coefficient (Wildman–Crippen LogP) is 0.375. The fourth-order valence-electron chi connectivity index (χ4n) is 4.12. The summed E-state index contributed by atoms with van der Waals surface area (Å²) in [6, 6.07) is 0. The average molecular weight is 557 g/mol. The molecule has 5 N–H and O–H groups in total. The number of hydrogen-bond donors (Lipinski definition) is 5. The molecular formula is C27H40O12. The zero-order chi connectivity index (χ0) is 29.3. The number of rotatable bonds is 12. The van der Waals surface area contributed by atoms with E-state index in [4.69, 9.17) is 23.7 Å². The van der Waals surface area contributed by atoms with E-state index in [2.05, 4.69) is 6.58 Å². The Morgan fingerprint density at radius 3 is 2.49 bits per heavy atom. The second-order valence-electron chi connectivity index (χ2n) is 9.72. The van der Waals surface area contributed by atoms with Crippen LogP contribution < -0.4 is 0 Å². The fraction of sp³-hybridized carbons (Fsp3) is 0.630. The zero-order valence-corrected chi connectivity index (χ0v) is 22.7. The predicted molar refractivity (Wildman–Crippen MR) is 136 cm³/mol. The lowest BCUT2D eigenvalue weighted by atomic mass is 9.86. The molecule has 2 rings (SSSR count). The van der Waals surface area contributed by atoms with Gasteiger partial charge in [0.05, 0.1) is 37.6 Å². The molecule has 0 aromatic carbocycles. The van der Waals surface area contributed by atoms with Crippen molar-refractivity contribution in [1.29, 1.82) is 0 Å². The highest BCUT2D eigenvalue weighted by Gasteiger charge is 2.46. The minimum absolute atomic E-state index is 0.00548. The normalized spacial score (nSPS) is 32.0. The molecule has 220 valence electrons. The fourth-order valence-corrected chi connectivity index (χ4v) is 4.12. The van der Waals surface area contributed by atoms with Crippen LogP contribution in [0.2, 0.25) is 0 Å². The quantitative estimate of drug-likeness (QED) is 0.165. The van der Waals surface area contributed by atoms with Crippen molar-refractivity contribution in [3.8, 4) is 0 Å². The standard InChI is InChI=1S/C27H40O12/c1-6-16-17(11-20(29)36-13-15(3)9-8-10-27(4,34)7-2)18(24(33)35-5)14-37-25(16)39-26-23(32)22(31)21(30)19(12-28)38-26/h6-7,9,14,17,19,21-23,25-26,28,30-32,34H,2,8,10-13H2,1,3-5H3/b15-9+,16-6+/t17-,19+,21+,22-,23+,25-,26-,27?/m0/s1. The molecule has 2 aliphatic rings. The van der Waals surface area contributed by atoms with Gasteiger partial charge in [0.15, 0.2) is 6.29 Å². The Kier molecular flexibility index (Phi) is 12.3. The van der Waals surface area contributed by atoms with Crippen molar-refractivity contribution in [2.75, 3.05) is 20.3 Å². The second kappa shape index (κ2) is 14.7. The number of aliphatic hydroxyl groups excluding tert-OH is 4. The zero-order valence-electron chi connectivity index (χ0n) is 22.7. The molecule has 0 bridgehead atoms. The molecule has 12 heteroatoms. The third-order valence-corrected chi connectivity index (χ3v) is 6.64. The minimum atomic E-state index is -1.68. The van der Waals surface area contributed by atoms with Gasteiger partial charge < -0.3 is 49.2 Å². The monoisotopic (exact) mass is 556 g/mol. The molecule has 0 radical (unpaired) electrons. The Bertz CT molecular complexity index is 950. The Morgan fingerprint density at radius 2 is 1.90 bits per heavy atom. The average Bonchev–Trinajstić information content (AvgIpc) is 2.91. The van der Waals surface area contributed by atoms with Gasteiger partial charge in [-0.15, -0.1) is 6.58 Å². The summed E-state index contributed by atoms with van der Waals surface area (Å²) in [6.07, 6.45) is -2.15. The lowest BCUT2D eigenvalue weighted by molar-refractivity contribution is -0.327. The number of esters is 2. The summed E-state index contributed by atoms with van der Waals surface area (Å²) in [5.74, 6) is -2.22. The molecule has 0 aliphatic carbocycles. The first kappa shape index (κ1) is 32.6. The number of aliphatic hydroxyl groups is 5. The van der Waals surface area contributed by atoms with E-state index in [1.165, 1.54) is 13.2 Å². The van der Waals surface area contributed by atoms with E-state index in [-0.39, 0.29) is 18.6 Å². The molecule has 2 aliphatic heterocycles. The van der Waals surface area contributed by atoms with Crippen molar-refractivity contribution in [1.82, 2.24) is 0 Å². The van der Waals surface area contributed by atoms with Gasteiger partial charge in [-0.25, -0.2) is 4.79 Å². The summed E-state index contributed by atoms with van der Waals surface area (Å²) in [5.41, 5.74) is 0.138. The van der Waals surface area contributed by atoms with Gasteiger partial charge in [0.1, 0.15) is 31.0 Å². The van der Waals surface area contributed by atoms with E-state index in [0.29, 0.717) is 18.4 Å². The van der Waals surface area contributed by atoms with E-state index >= 15 is 0 Å². The van der Waals surface area contributed by atoms with Gasteiger partial charge >= 0.3 is 11.9 Å². The van der Waals surface area contributed by atoms with Crippen LogP contribution in [-0.2, 0) is 33.3 Å². The van der Waals surface area contributed by atoms with Gasteiger partial charge in [-0.3, -0.25) is 4.79 Å². The molecule has 0 amide bonds. The smallest absolute Gasteiger partial charge is 0.337 e. The highest BCUT2D eigenvalue weighted by atomic mass is 16.8. The number of allylic oxidation sites excluding steroid dienone is 2. The van der Waals surface area contributed by atoms with Crippen LogP contribution in [0.1, 0.15) is 40.0 Å². The van der Waals surface area contributed by atoms with Crippen LogP contribution in [0.3, 0.4) is 0 Å². The summed E-state index contributed by atoms with van der Waals surface area (Å²) >= 11 is 0. The van der Waals surface area contributed by atoms with Crippen molar-refractivity contribution in [2.24, 2.45) is 5.92 Å². The molecule has 12 nitrogen and oxygen atoms in total. The number of methoxy groups -OCH3 is 1. The summed E-state index contributed by atoms with van der Waals surface area (Å²) in [7, 11) is 1.18. The van der Waals surface area contributed by atoms with Gasteiger partial charge in [-0.05, 0) is 39.2 Å². The van der Waals surface area contributed by atoms with Crippen LogP contribution in [0.15, 0.2) is 47.8 Å². The van der Waals surface area contributed by atoms with Crippen molar-refractivity contribution in [2.45, 2.75) is 82.6 Å². The van der Waals surface area contributed by atoms with Crippen LogP contribution in [0.25, 0.3) is 0 Å². The lowest BCUT2D eigenvalue weighted by Gasteiger charge is -2.41. The van der Waals surface area contributed by atoms with E-state index in [9.17, 15) is 35.1 Å². The van der Waals surface area contributed by atoms with Gasteiger partial charge in [0.25, 0.3) is 0 Å². The maximum absolute atomic E-state index is 12.8. The van der Waals surface area contributed by atoms with Gasteiger partial charge in [0, 0.05) is 11.5 Å². The van der Waals surface area contributed by atoms with Crippen LogP contribution in [0.4, 0.5) is 0 Å². The SMILES string of the molecule is C=CC(C)(O)CC/C=C(\C)COC(=O)C[C@@H]1C(C(=O)OC)=CO[C@@H](O[C@@H]2O[C@H](CO)[C@@H](O)[C@H](O)[C@H]2O)/C1=C/C. The second-order valence-corrected chi connectivity index (χ2v) is 9.72. The highest BCUT2D eigenvalue weighted by Crippen LogP contribution is 2.36. The third kappa shape index (κ3) is 8.70. The Hall–Kier alpha value is -2.58. The molecule has 8 atom stereocenters. The van der Waals surface area contributed by atoms with Crippen LogP contribution >= 0.6 is 0 Å². The molecule has 0 aromatic heterocycles. The van der Waals surface area contributed by atoms with Crippen molar-refractivity contribution in [3.63, 3.8) is 0 Å². The van der Waals surface area contributed by atoms with Gasteiger partial charge in [-0.1, -0.05) is 18.2 Å². The van der Waals surface area contributed by atoms with Gasteiger partial charge in [-0.2, -0.15) is 0 Å². The summed E-state index contributed by atoms with van der Waals surface area (Å²) in [6.45, 7) is 8.01. The first-order valence-corrected chi connectivity index (χ1v) is 12.6. The molecule has 0 aromatic rings.